The van der Waals surface area contributed by atoms with E-state index < -0.39 is 5.82 Å². The molecule has 0 N–H and O–H groups in total. The SMILES string of the molecule is O=C1CC(c2ccccc2)CC(=O)N1c1ccc(F)c(Cl)c1. The van der Waals surface area contributed by atoms with Crippen molar-refractivity contribution in [3.8, 4) is 0 Å². The van der Waals surface area contributed by atoms with Crippen molar-refractivity contribution in [2.24, 2.45) is 0 Å². The minimum Gasteiger partial charge on any atom is -0.274 e. The van der Waals surface area contributed by atoms with Gasteiger partial charge in [-0.1, -0.05) is 41.9 Å². The maximum absolute atomic E-state index is 13.2. The van der Waals surface area contributed by atoms with E-state index in [1.807, 2.05) is 30.3 Å². The summed E-state index contributed by atoms with van der Waals surface area (Å²) >= 11 is 5.73. The molecule has 0 aliphatic carbocycles. The summed E-state index contributed by atoms with van der Waals surface area (Å²) in [5.41, 5.74) is 1.29. The molecule has 5 heteroatoms. The summed E-state index contributed by atoms with van der Waals surface area (Å²) in [7, 11) is 0. The van der Waals surface area contributed by atoms with Gasteiger partial charge >= 0.3 is 0 Å². The summed E-state index contributed by atoms with van der Waals surface area (Å²) in [4.78, 5) is 25.8. The first-order valence-electron chi connectivity index (χ1n) is 6.92. The first-order chi connectivity index (χ1) is 10.6. The van der Waals surface area contributed by atoms with Crippen molar-refractivity contribution in [3.63, 3.8) is 0 Å². The molecule has 1 saturated heterocycles. The van der Waals surface area contributed by atoms with Crippen molar-refractivity contribution in [1.29, 1.82) is 0 Å². The largest absolute Gasteiger partial charge is 0.274 e. The highest BCUT2D eigenvalue weighted by atomic mass is 35.5. The molecule has 1 aliphatic heterocycles. The summed E-state index contributed by atoms with van der Waals surface area (Å²) < 4.78 is 13.2. The van der Waals surface area contributed by atoms with E-state index in [0.29, 0.717) is 5.69 Å². The molecule has 1 fully saturated rings. The number of benzene rings is 2. The Morgan fingerprint density at radius 3 is 2.23 bits per heavy atom. The molecule has 0 saturated carbocycles. The summed E-state index contributed by atoms with van der Waals surface area (Å²) in [5, 5.41) is -0.108. The molecule has 112 valence electrons. The third kappa shape index (κ3) is 2.74. The van der Waals surface area contributed by atoms with Gasteiger partial charge in [-0.25, -0.2) is 4.39 Å². The van der Waals surface area contributed by atoms with Crippen LogP contribution in [0.4, 0.5) is 10.1 Å². The highest BCUT2D eigenvalue weighted by Gasteiger charge is 2.34. The van der Waals surface area contributed by atoms with Gasteiger partial charge in [0.2, 0.25) is 11.8 Å². The van der Waals surface area contributed by atoms with Crippen molar-refractivity contribution >= 4 is 29.1 Å². The molecule has 0 unspecified atom stereocenters. The zero-order valence-corrected chi connectivity index (χ0v) is 12.4. The van der Waals surface area contributed by atoms with E-state index >= 15 is 0 Å². The van der Waals surface area contributed by atoms with Crippen LogP contribution < -0.4 is 4.90 Å². The first-order valence-corrected chi connectivity index (χ1v) is 7.30. The topological polar surface area (TPSA) is 37.4 Å². The van der Waals surface area contributed by atoms with E-state index in [9.17, 15) is 14.0 Å². The number of halogens is 2. The van der Waals surface area contributed by atoms with Crippen molar-refractivity contribution in [3.05, 3.63) is 64.9 Å². The van der Waals surface area contributed by atoms with Gasteiger partial charge in [-0.15, -0.1) is 0 Å². The Morgan fingerprint density at radius 2 is 1.64 bits per heavy atom. The number of amides is 2. The number of imide groups is 1. The normalized spacial score (nSPS) is 16.2. The lowest BCUT2D eigenvalue weighted by molar-refractivity contribution is -0.129. The fourth-order valence-corrected chi connectivity index (χ4v) is 2.86. The predicted octanol–water partition coefficient (Wildman–Crippen LogP) is 3.92. The Kier molecular flexibility index (Phi) is 3.94. The van der Waals surface area contributed by atoms with Gasteiger partial charge in [-0.05, 0) is 23.8 Å². The van der Waals surface area contributed by atoms with Crippen LogP contribution in [0.15, 0.2) is 48.5 Å². The minimum absolute atomic E-state index is 0.108. The van der Waals surface area contributed by atoms with Crippen LogP contribution in [-0.4, -0.2) is 11.8 Å². The third-order valence-corrected chi connectivity index (χ3v) is 4.06. The van der Waals surface area contributed by atoms with Gasteiger partial charge in [0.15, 0.2) is 0 Å². The second-order valence-electron chi connectivity index (χ2n) is 5.24. The number of hydrogen-bond donors (Lipinski definition) is 0. The van der Waals surface area contributed by atoms with Crippen LogP contribution >= 0.6 is 11.6 Å². The molecule has 0 atom stereocenters. The minimum atomic E-state index is -0.579. The van der Waals surface area contributed by atoms with Gasteiger partial charge in [-0.3, -0.25) is 14.5 Å². The summed E-state index contributed by atoms with van der Waals surface area (Å²) in [6.07, 6.45) is 0.482. The molecule has 2 aromatic rings. The predicted molar refractivity (Wildman–Crippen MR) is 82.3 cm³/mol. The average molecular weight is 318 g/mol. The molecule has 0 bridgehead atoms. The molecule has 2 aromatic carbocycles. The Bertz CT molecular complexity index is 715. The van der Waals surface area contributed by atoms with Crippen LogP contribution in [0.1, 0.15) is 24.3 Å². The molecule has 3 nitrogen and oxygen atoms in total. The highest BCUT2D eigenvalue weighted by molar-refractivity contribution is 6.31. The molecule has 0 radical (unpaired) electrons. The Balaban J connectivity index is 1.86. The Labute approximate surface area is 132 Å². The number of rotatable bonds is 2. The van der Waals surface area contributed by atoms with Crippen LogP contribution in [0, 0.1) is 5.82 Å². The lowest BCUT2D eigenvalue weighted by atomic mass is 9.88. The van der Waals surface area contributed by atoms with Crippen LogP contribution in [0.3, 0.4) is 0 Å². The average Bonchev–Trinajstić information content (AvgIpc) is 2.51. The standard InChI is InChI=1S/C17H13ClFNO2/c18-14-10-13(6-7-15(14)19)20-16(21)8-12(9-17(20)22)11-4-2-1-3-5-11/h1-7,10,12H,8-9H2. The molecule has 3 rings (SSSR count). The number of piperidine rings is 1. The summed E-state index contributed by atoms with van der Waals surface area (Å²) in [5.74, 6) is -1.29. The number of carbonyl (C=O) groups is 2. The van der Waals surface area contributed by atoms with Crippen LogP contribution in [0.25, 0.3) is 0 Å². The second kappa shape index (κ2) is 5.89. The lowest BCUT2D eigenvalue weighted by Gasteiger charge is -2.30. The fourth-order valence-electron chi connectivity index (χ4n) is 2.69. The molecule has 1 aliphatic rings. The maximum atomic E-state index is 13.2. The van der Waals surface area contributed by atoms with Gasteiger partial charge in [0, 0.05) is 18.8 Å². The molecular formula is C17H13ClFNO2. The monoisotopic (exact) mass is 317 g/mol. The first kappa shape index (κ1) is 14.7. The van der Waals surface area contributed by atoms with Crippen LogP contribution in [-0.2, 0) is 9.59 Å². The van der Waals surface area contributed by atoms with E-state index in [-0.39, 0.29) is 35.6 Å². The molecule has 0 aromatic heterocycles. The lowest BCUT2D eigenvalue weighted by Crippen LogP contribution is -2.42. The molecular weight excluding hydrogens is 305 g/mol. The zero-order chi connectivity index (χ0) is 15.7. The fraction of sp³-hybridized carbons (Fsp3) is 0.176. The van der Waals surface area contributed by atoms with Gasteiger partial charge in [0.05, 0.1) is 10.7 Å². The molecule has 2 amide bonds. The van der Waals surface area contributed by atoms with Gasteiger partial charge in [0.25, 0.3) is 0 Å². The third-order valence-electron chi connectivity index (χ3n) is 3.77. The quantitative estimate of drug-likeness (QED) is 0.787. The summed E-state index contributed by atoms with van der Waals surface area (Å²) in [6.45, 7) is 0. The number of anilines is 1. The number of nitrogens with zero attached hydrogens (tertiary/aromatic N) is 1. The second-order valence-corrected chi connectivity index (χ2v) is 5.64. The number of hydrogen-bond acceptors (Lipinski definition) is 2. The van der Waals surface area contributed by atoms with Gasteiger partial charge in [-0.2, -0.15) is 0 Å². The van der Waals surface area contributed by atoms with E-state index in [0.717, 1.165) is 16.5 Å². The Hall–Kier alpha value is -2.20. The Morgan fingerprint density at radius 1 is 1.00 bits per heavy atom. The van der Waals surface area contributed by atoms with Crippen molar-refractivity contribution < 1.29 is 14.0 Å². The van der Waals surface area contributed by atoms with Crippen LogP contribution in [0.2, 0.25) is 5.02 Å². The van der Waals surface area contributed by atoms with E-state index in [4.69, 9.17) is 11.6 Å². The van der Waals surface area contributed by atoms with Crippen molar-refractivity contribution in [2.45, 2.75) is 18.8 Å². The van der Waals surface area contributed by atoms with Gasteiger partial charge in [0.1, 0.15) is 5.82 Å². The van der Waals surface area contributed by atoms with Crippen molar-refractivity contribution in [1.82, 2.24) is 0 Å². The highest BCUT2D eigenvalue weighted by Crippen LogP contribution is 2.33. The van der Waals surface area contributed by atoms with E-state index in [1.54, 1.807) is 0 Å². The summed E-state index contributed by atoms with van der Waals surface area (Å²) in [6, 6.07) is 13.3. The van der Waals surface area contributed by atoms with Crippen molar-refractivity contribution in [2.75, 3.05) is 4.90 Å². The molecule has 22 heavy (non-hydrogen) atoms. The maximum Gasteiger partial charge on any atom is 0.234 e. The van der Waals surface area contributed by atoms with E-state index in [2.05, 4.69) is 0 Å². The number of carbonyl (C=O) groups excluding carboxylic acids is 2. The smallest absolute Gasteiger partial charge is 0.234 e. The van der Waals surface area contributed by atoms with Gasteiger partial charge < -0.3 is 0 Å². The van der Waals surface area contributed by atoms with Crippen LogP contribution in [0.5, 0.6) is 0 Å². The zero-order valence-electron chi connectivity index (χ0n) is 11.6. The molecule has 0 spiro atoms. The van der Waals surface area contributed by atoms with E-state index in [1.165, 1.54) is 12.1 Å². The molecule has 1 heterocycles.